The van der Waals surface area contributed by atoms with Gasteiger partial charge >= 0.3 is 5.69 Å². The number of hydrogen-bond acceptors (Lipinski definition) is 3. The maximum Gasteiger partial charge on any atom is 0.332 e. The molecular formula is C16H21N3O3. The summed E-state index contributed by atoms with van der Waals surface area (Å²) in [5, 5.41) is 3.24. The molecule has 2 aromatic rings. The molecule has 118 valence electrons. The van der Waals surface area contributed by atoms with E-state index in [0.29, 0.717) is 10.9 Å². The Morgan fingerprint density at radius 2 is 1.82 bits per heavy atom. The number of hydrogen-bond donors (Lipinski definition) is 1. The number of aromatic nitrogens is 2. The first kappa shape index (κ1) is 16.0. The van der Waals surface area contributed by atoms with Gasteiger partial charge in [-0.05, 0) is 39.8 Å². The number of benzene rings is 1. The first-order chi connectivity index (χ1) is 10.4. The fraction of sp³-hybridized carbons (Fsp3) is 0.438. The molecule has 2 rings (SSSR count). The third-order valence-electron chi connectivity index (χ3n) is 3.59. The Kier molecular flexibility index (Phi) is 4.49. The van der Waals surface area contributed by atoms with Gasteiger partial charge in [-0.25, -0.2) is 4.79 Å². The minimum absolute atomic E-state index is 0.0194. The molecule has 0 aliphatic carbocycles. The molecule has 22 heavy (non-hydrogen) atoms. The van der Waals surface area contributed by atoms with Gasteiger partial charge in [0.15, 0.2) is 0 Å². The van der Waals surface area contributed by atoms with Crippen molar-refractivity contribution in [3.05, 3.63) is 45.1 Å². The second-order valence-electron chi connectivity index (χ2n) is 5.56. The molecule has 1 amide bonds. The molecule has 1 atom stereocenters. The highest BCUT2D eigenvalue weighted by Gasteiger charge is 2.21. The van der Waals surface area contributed by atoms with Gasteiger partial charge in [-0.1, -0.05) is 12.1 Å². The number of nitrogens with one attached hydrogen (secondary N) is 1. The van der Waals surface area contributed by atoms with Crippen LogP contribution in [0, 0.1) is 0 Å². The Bertz CT molecular complexity index is 817. The fourth-order valence-corrected chi connectivity index (χ4v) is 2.51. The van der Waals surface area contributed by atoms with Crippen molar-refractivity contribution in [2.75, 3.05) is 0 Å². The van der Waals surface area contributed by atoms with Crippen LogP contribution < -0.4 is 16.6 Å². The molecule has 1 aromatic heterocycles. The van der Waals surface area contributed by atoms with Gasteiger partial charge in [0.05, 0.1) is 10.9 Å². The second-order valence-corrected chi connectivity index (χ2v) is 5.56. The van der Waals surface area contributed by atoms with Crippen molar-refractivity contribution in [3.8, 4) is 0 Å². The van der Waals surface area contributed by atoms with Crippen molar-refractivity contribution in [1.29, 1.82) is 0 Å². The highest BCUT2D eigenvalue weighted by molar-refractivity contribution is 5.84. The summed E-state index contributed by atoms with van der Waals surface area (Å²) in [7, 11) is 0. The Morgan fingerprint density at radius 1 is 1.18 bits per heavy atom. The summed E-state index contributed by atoms with van der Waals surface area (Å²) in [4.78, 5) is 37.2. The van der Waals surface area contributed by atoms with E-state index in [-0.39, 0.29) is 24.1 Å². The molecule has 6 nitrogen and oxygen atoms in total. The summed E-state index contributed by atoms with van der Waals surface area (Å²) in [5.74, 6) is -0.247. The van der Waals surface area contributed by atoms with Crippen LogP contribution in [0.1, 0.15) is 33.7 Å². The van der Waals surface area contributed by atoms with Crippen molar-refractivity contribution in [3.63, 3.8) is 0 Å². The number of carbonyl (C=O) groups excluding carboxylic acids is 1. The molecule has 0 saturated carbocycles. The molecule has 0 fully saturated rings. The molecule has 0 bridgehead atoms. The summed E-state index contributed by atoms with van der Waals surface area (Å²) >= 11 is 0. The number of para-hydroxylation sites is 1. The normalized spacial score (nSPS) is 12.6. The number of rotatable bonds is 4. The van der Waals surface area contributed by atoms with Crippen LogP contribution in [0.25, 0.3) is 10.9 Å². The minimum Gasteiger partial charge on any atom is -0.352 e. The number of fused-ring (bicyclic) bond motifs is 1. The maximum atomic E-state index is 12.6. The zero-order valence-electron chi connectivity index (χ0n) is 13.3. The molecule has 1 heterocycles. The molecule has 0 spiro atoms. The van der Waals surface area contributed by atoms with Crippen molar-refractivity contribution in [2.24, 2.45) is 0 Å². The van der Waals surface area contributed by atoms with Gasteiger partial charge in [-0.3, -0.25) is 18.7 Å². The third-order valence-corrected chi connectivity index (χ3v) is 3.59. The van der Waals surface area contributed by atoms with E-state index in [2.05, 4.69) is 5.32 Å². The van der Waals surface area contributed by atoms with Crippen LogP contribution in [-0.2, 0) is 11.3 Å². The zero-order chi connectivity index (χ0) is 16.4. The minimum atomic E-state index is -0.696. The van der Waals surface area contributed by atoms with Crippen LogP contribution in [-0.4, -0.2) is 21.1 Å². The van der Waals surface area contributed by atoms with Crippen molar-refractivity contribution in [1.82, 2.24) is 14.5 Å². The number of nitrogens with zero attached hydrogens (tertiary/aromatic N) is 2. The Balaban J connectivity index is 2.75. The fourth-order valence-electron chi connectivity index (χ4n) is 2.51. The van der Waals surface area contributed by atoms with Crippen LogP contribution in [0.15, 0.2) is 33.9 Å². The number of carbonyl (C=O) groups is 1. The molecule has 0 saturated heterocycles. The molecule has 1 aromatic carbocycles. The monoisotopic (exact) mass is 303 g/mol. The van der Waals surface area contributed by atoms with Gasteiger partial charge in [-0.2, -0.15) is 0 Å². The van der Waals surface area contributed by atoms with Crippen molar-refractivity contribution < 1.29 is 4.79 Å². The predicted molar refractivity (Wildman–Crippen MR) is 86.1 cm³/mol. The lowest BCUT2D eigenvalue weighted by atomic mass is 10.2. The van der Waals surface area contributed by atoms with E-state index in [1.165, 1.54) is 4.57 Å². The Hall–Kier alpha value is -2.37. The lowest BCUT2D eigenvalue weighted by Crippen LogP contribution is -2.45. The lowest BCUT2D eigenvalue weighted by Gasteiger charge is -2.20. The first-order valence-electron chi connectivity index (χ1n) is 7.43. The van der Waals surface area contributed by atoms with Crippen LogP contribution in [0.4, 0.5) is 0 Å². The molecule has 1 N–H and O–H groups in total. The van der Waals surface area contributed by atoms with Gasteiger partial charge in [0.25, 0.3) is 5.56 Å². The largest absolute Gasteiger partial charge is 0.352 e. The van der Waals surface area contributed by atoms with Gasteiger partial charge in [0.1, 0.15) is 6.04 Å². The average molecular weight is 303 g/mol. The van der Waals surface area contributed by atoms with E-state index in [0.717, 1.165) is 4.57 Å². The summed E-state index contributed by atoms with van der Waals surface area (Å²) in [6.07, 6.45) is 0. The lowest BCUT2D eigenvalue weighted by molar-refractivity contribution is -0.124. The van der Waals surface area contributed by atoms with E-state index in [1.54, 1.807) is 38.1 Å². The van der Waals surface area contributed by atoms with Crippen LogP contribution in [0.2, 0.25) is 0 Å². The molecule has 6 heteroatoms. The topological polar surface area (TPSA) is 73.1 Å². The van der Waals surface area contributed by atoms with Crippen molar-refractivity contribution in [2.45, 2.75) is 46.3 Å². The van der Waals surface area contributed by atoms with E-state index in [9.17, 15) is 14.4 Å². The summed E-state index contributed by atoms with van der Waals surface area (Å²) in [6, 6.07) is 6.15. The molecule has 1 unspecified atom stereocenters. The van der Waals surface area contributed by atoms with E-state index < -0.39 is 11.7 Å². The predicted octanol–water partition coefficient (Wildman–Crippen LogP) is 1.27. The highest BCUT2D eigenvalue weighted by atomic mass is 16.2. The second kappa shape index (κ2) is 6.17. The van der Waals surface area contributed by atoms with E-state index in [1.807, 2.05) is 13.8 Å². The van der Waals surface area contributed by atoms with E-state index in [4.69, 9.17) is 0 Å². The third kappa shape index (κ3) is 2.68. The SMILES string of the molecule is CCn1c(=O)c2ccccc2n(C(C)C(=O)NC(C)C)c1=O. The summed E-state index contributed by atoms with van der Waals surface area (Å²) < 4.78 is 2.54. The highest BCUT2D eigenvalue weighted by Crippen LogP contribution is 2.13. The van der Waals surface area contributed by atoms with Crippen LogP contribution in [0.3, 0.4) is 0 Å². The summed E-state index contributed by atoms with van der Waals surface area (Å²) in [6.45, 7) is 7.38. The molecular weight excluding hydrogens is 282 g/mol. The zero-order valence-corrected chi connectivity index (χ0v) is 13.3. The smallest absolute Gasteiger partial charge is 0.332 e. The van der Waals surface area contributed by atoms with Gasteiger partial charge in [-0.15, -0.1) is 0 Å². The maximum absolute atomic E-state index is 12.6. The average Bonchev–Trinajstić information content (AvgIpc) is 2.47. The standard InChI is InChI=1S/C16H21N3O3/c1-5-18-15(21)12-8-6-7-9-13(12)19(16(18)22)11(4)14(20)17-10(2)3/h6-11H,5H2,1-4H3,(H,17,20). The van der Waals surface area contributed by atoms with Gasteiger partial charge in [0, 0.05) is 12.6 Å². The molecule has 0 aliphatic rings. The van der Waals surface area contributed by atoms with Gasteiger partial charge in [0.2, 0.25) is 5.91 Å². The van der Waals surface area contributed by atoms with Crippen molar-refractivity contribution >= 4 is 16.8 Å². The quantitative estimate of drug-likeness (QED) is 0.924. The number of amides is 1. The summed E-state index contributed by atoms with van der Waals surface area (Å²) in [5.41, 5.74) is -0.304. The first-order valence-corrected chi connectivity index (χ1v) is 7.43. The molecule has 0 radical (unpaired) electrons. The van der Waals surface area contributed by atoms with Gasteiger partial charge < -0.3 is 5.32 Å². The van der Waals surface area contributed by atoms with E-state index >= 15 is 0 Å². The van der Waals surface area contributed by atoms with Crippen LogP contribution >= 0.6 is 0 Å². The van der Waals surface area contributed by atoms with Crippen LogP contribution in [0.5, 0.6) is 0 Å². The molecule has 0 aliphatic heterocycles. The Labute approximate surface area is 128 Å². The Morgan fingerprint density at radius 3 is 2.41 bits per heavy atom.